The van der Waals surface area contributed by atoms with Gasteiger partial charge in [-0.15, -0.1) is 0 Å². The highest BCUT2D eigenvalue weighted by Crippen LogP contribution is 2.45. The number of nitrogens with two attached hydrogens (primary N) is 1. The van der Waals surface area contributed by atoms with Crippen molar-refractivity contribution >= 4 is 116 Å². The molecule has 4 aromatic carbocycles. The second-order valence-corrected chi connectivity index (χ2v) is 31.6. The number of nitrogens with one attached hydrogen (secondary N) is 12. The number of ether oxygens (including phenoxy) is 4. The Morgan fingerprint density at radius 2 is 0.725 bits per heavy atom. The van der Waals surface area contributed by atoms with E-state index in [4.69, 9.17) is 37.0 Å². The van der Waals surface area contributed by atoms with Crippen LogP contribution in [0.3, 0.4) is 0 Å². The summed E-state index contributed by atoms with van der Waals surface area (Å²) in [5.74, 6) is -0.354. The second kappa shape index (κ2) is 42.3. The maximum absolute atomic E-state index is 12.8. The number of hydrogen-bond donors (Lipinski definition) is 14. The first-order valence-electron chi connectivity index (χ1n) is 46.3. The van der Waals surface area contributed by atoms with Gasteiger partial charge in [0.2, 0.25) is 23.6 Å². The number of aryl methyl sites for hydroxylation is 3. The first-order valence-corrected chi connectivity index (χ1v) is 41.8. The number of methoxy groups -OCH3 is 4. The number of rotatable bonds is 33. The van der Waals surface area contributed by atoms with E-state index in [1.165, 1.54) is 64.3 Å². The minimum absolute atomic E-state index is 0.00520. The topological polar surface area (TPSA) is 487 Å². The number of para-hydroxylation sites is 4. The van der Waals surface area contributed by atoms with E-state index in [0.717, 1.165) is 80.0 Å². The maximum Gasteiger partial charge on any atom is 0.254 e. The Morgan fingerprint density at radius 3 is 1.00 bits per heavy atom. The average molecular weight is 1790 g/mol. The number of aliphatic hydroxyl groups is 1. The van der Waals surface area contributed by atoms with Gasteiger partial charge in [0, 0.05) is 192 Å². The molecule has 0 saturated heterocycles. The number of nitrogens with zero attached hydrogens (tertiary/aromatic N) is 12. The molecule has 38 heteroatoms. The highest BCUT2D eigenvalue weighted by molar-refractivity contribution is 6.06. The number of pyridine rings is 4. The molecule has 131 heavy (non-hydrogen) atoms. The fraction of sp³-hybridized carbons (Fsp3) is 0.312. The minimum atomic E-state index is -2.70. The van der Waals surface area contributed by atoms with Crippen LogP contribution in [0.5, 0.6) is 23.0 Å². The van der Waals surface area contributed by atoms with Gasteiger partial charge in [-0.2, -0.15) is 20.4 Å². The normalized spacial score (nSPS) is 14.3. The van der Waals surface area contributed by atoms with Gasteiger partial charge < -0.3 is 93.6 Å². The maximum atomic E-state index is 12.8. The summed E-state index contributed by atoms with van der Waals surface area (Å²) in [7, 11) is 11.3. The molecule has 12 aromatic rings. The molecule has 0 radical (unpaired) electrons. The molecule has 0 aliphatic heterocycles. The molecule has 4 aliphatic rings. The third kappa shape index (κ3) is 24.0. The average Bonchev–Trinajstić information content (AvgIpc) is 1.79. The van der Waals surface area contributed by atoms with E-state index < -0.39 is 44.3 Å². The van der Waals surface area contributed by atoms with E-state index in [1.807, 2.05) is 97.2 Å². The van der Waals surface area contributed by atoms with E-state index in [1.54, 1.807) is 108 Å². The number of amides is 8. The van der Waals surface area contributed by atoms with Gasteiger partial charge in [0.15, 0.2) is 11.5 Å². The van der Waals surface area contributed by atoms with Gasteiger partial charge in [-0.1, -0.05) is 36.4 Å². The van der Waals surface area contributed by atoms with Gasteiger partial charge >= 0.3 is 0 Å². The Morgan fingerprint density at radius 1 is 0.427 bits per heavy atom. The third-order valence-electron chi connectivity index (χ3n) is 20.9. The zero-order valence-corrected chi connectivity index (χ0v) is 73.3. The molecule has 16 rings (SSSR count). The summed E-state index contributed by atoms with van der Waals surface area (Å²) in [4.78, 5) is 116. The molecule has 0 bridgehead atoms. The molecule has 4 saturated carbocycles. The number of benzene rings is 4. The fourth-order valence-corrected chi connectivity index (χ4v) is 13.7. The van der Waals surface area contributed by atoms with E-state index in [-0.39, 0.29) is 104 Å². The summed E-state index contributed by atoms with van der Waals surface area (Å²) in [5.41, 5.74) is 14.3. The van der Waals surface area contributed by atoms with Crippen molar-refractivity contribution in [3.8, 4) is 67.8 Å². The van der Waals surface area contributed by atoms with Crippen molar-refractivity contribution in [2.24, 2.45) is 43.5 Å². The van der Waals surface area contributed by atoms with Crippen molar-refractivity contribution in [1.29, 1.82) is 0 Å². The second-order valence-electron chi connectivity index (χ2n) is 31.6. The van der Waals surface area contributed by atoms with Crippen LogP contribution in [-0.4, -0.2) is 180 Å². The molecule has 0 unspecified atom stereocenters. The minimum Gasteiger partial charge on any atom is -0.494 e. The summed E-state index contributed by atoms with van der Waals surface area (Å²) in [6.07, 6.45) is 23.4. The van der Waals surface area contributed by atoms with Crippen LogP contribution in [0.15, 0.2) is 171 Å². The zero-order chi connectivity index (χ0) is 101. The fourth-order valence-electron chi connectivity index (χ4n) is 13.7. The first-order chi connectivity index (χ1) is 66.6. The van der Waals surface area contributed by atoms with E-state index in [0.29, 0.717) is 105 Å². The molecule has 0 spiro atoms. The molecule has 4 fully saturated rings. The number of hydrogen-bond acceptors (Lipinski definition) is 26. The summed E-state index contributed by atoms with van der Waals surface area (Å²) in [5, 5.41) is 60.0. The lowest BCUT2D eigenvalue weighted by molar-refractivity contribution is -0.118. The standard InChI is InChI=1S/C25H30N6O4.C24H29N7O3.2C22H24N6O3/c1-25(2,34)14-31-11-10-18(30-31)16-6-5-7-19(22(16)35-4)28-20-12-21(29-23(32)15-8-9-15)27-13-17(20)24(33)26-3;1-26-24(33)17-14-27-21(29-23(32)15-7-8-15)13-20(17)28-19-6-3-5-16(22(19)34-2)18-9-12-31(30-18)11-4-10-25;2*1-23-22(30)16-11-24-19(27-21(29)13-7-8-13)9-18(16)26-17-6-4-5-15(20(17)31-3)14-10-25-28(2)12-14/h5-7,10-13,15,34H,8-9,14H2,1-4H3,(H,26,33)(H2,27,28,29,32);3,5-6,9,12-15H,4,7-8,10-11,25H2,1-2H3,(H,26,33)(H2,27,28,29,32);2*4-6,9-13H,7-8H2,1-3H3,(H,23,30)(H2,24,26,27,29)/i3D3;2*1D3;. The van der Waals surface area contributed by atoms with Gasteiger partial charge in [0.25, 0.3) is 23.6 Å². The summed E-state index contributed by atoms with van der Waals surface area (Å²) < 4.78 is 96.0. The van der Waals surface area contributed by atoms with Crippen molar-refractivity contribution in [1.82, 2.24) is 80.3 Å². The third-order valence-corrected chi connectivity index (χ3v) is 20.9. The number of aromatic nitrogens is 12. The van der Waals surface area contributed by atoms with Crippen LogP contribution in [0.25, 0.3) is 44.8 Å². The summed E-state index contributed by atoms with van der Waals surface area (Å²) in [6.45, 7) is -3.15. The van der Waals surface area contributed by atoms with E-state index >= 15 is 0 Å². The molecule has 38 nitrogen and oxygen atoms in total. The Balaban J connectivity index is 0.000000158. The Kier molecular flexibility index (Phi) is 26.2. The van der Waals surface area contributed by atoms with Gasteiger partial charge in [0.05, 0.1) is 132 Å². The quantitative estimate of drug-likeness (QED) is 0.0182. The lowest BCUT2D eigenvalue weighted by Gasteiger charge is -2.17. The van der Waals surface area contributed by atoms with Crippen LogP contribution in [0, 0.1) is 23.7 Å². The van der Waals surface area contributed by atoms with Gasteiger partial charge in [-0.25, -0.2) is 19.9 Å². The van der Waals surface area contributed by atoms with Crippen molar-refractivity contribution in [3.05, 3.63) is 193 Å². The number of carbonyl (C=O) groups is 8. The van der Waals surface area contributed by atoms with E-state index in [9.17, 15) is 43.5 Å². The van der Waals surface area contributed by atoms with Gasteiger partial charge in [0.1, 0.15) is 34.8 Å². The molecule has 0 atom stereocenters. The first kappa shape index (κ1) is 81.2. The molecular weight excluding hydrogens is 1680 g/mol. The molecule has 15 N–H and O–H groups in total. The van der Waals surface area contributed by atoms with Crippen LogP contribution in [0.2, 0.25) is 0 Å². The number of carbonyl (C=O) groups excluding carboxylic acids is 8. The highest BCUT2D eigenvalue weighted by Gasteiger charge is 2.34. The molecule has 4 aliphatic carbocycles. The molecule has 8 heterocycles. The lowest BCUT2D eigenvalue weighted by atomic mass is 10.1. The SMILES string of the molecule is CNC(=O)c1cnc(NC(=O)C2CC2)cc1Nc1cccc(-c2cnn(C)c2)c1OC.[2H]C([2H])([2H])NC(=O)c1cnc(NC(=O)C2CC2)cc1Nc1cccc(-c2ccn(CC(C)(C)O)n2)c1OC.[2H]C([2H])([2H])NC(=O)c1cnc(NC(=O)C2CC2)cc1Nc1cccc(-c2ccn(CCCN)n2)c1OC.[2H]C([2H])([2H])NC(=O)c1cnc(NC(=O)C2CC2)cc1Nc1cccc(-c2cnn(C)c2)c1OC. The van der Waals surface area contributed by atoms with Crippen LogP contribution >= 0.6 is 0 Å². The van der Waals surface area contributed by atoms with Crippen molar-refractivity contribution in [2.45, 2.75) is 90.3 Å². The summed E-state index contributed by atoms with van der Waals surface area (Å²) in [6, 6.07) is 31.6. The largest absolute Gasteiger partial charge is 0.494 e. The van der Waals surface area contributed by atoms with Crippen LogP contribution in [-0.2, 0) is 46.4 Å². The van der Waals surface area contributed by atoms with Gasteiger partial charge in [-0.05, 0) is 127 Å². The van der Waals surface area contributed by atoms with Crippen molar-refractivity contribution in [3.63, 3.8) is 0 Å². The Hall–Kier alpha value is -15.6. The highest BCUT2D eigenvalue weighted by atomic mass is 16.5. The van der Waals surface area contributed by atoms with Crippen LogP contribution in [0.4, 0.5) is 68.8 Å². The smallest absolute Gasteiger partial charge is 0.254 e. The van der Waals surface area contributed by atoms with Crippen LogP contribution in [0.1, 0.15) is 125 Å². The Labute approximate surface area is 768 Å². The predicted molar refractivity (Wildman–Crippen MR) is 498 cm³/mol. The van der Waals surface area contributed by atoms with Crippen molar-refractivity contribution < 1.29 is 74.7 Å². The van der Waals surface area contributed by atoms with Crippen molar-refractivity contribution in [2.75, 3.05) is 105 Å². The molecule has 8 aromatic heterocycles. The van der Waals surface area contributed by atoms with Gasteiger partial charge in [-0.3, -0.25) is 57.1 Å². The van der Waals surface area contributed by atoms with Crippen LogP contribution < -0.4 is 88.5 Å². The zero-order valence-electron chi connectivity index (χ0n) is 82.3. The molecular formula is C93H107N25O13. The molecule has 8 amide bonds. The number of anilines is 12. The van der Waals surface area contributed by atoms with E-state index in [2.05, 4.69) is 88.2 Å². The predicted octanol–water partition coefficient (Wildman–Crippen LogP) is 11.8. The summed E-state index contributed by atoms with van der Waals surface area (Å²) >= 11 is 0. The molecule has 682 valence electrons. The Bertz CT molecular complexity index is 6560. The monoisotopic (exact) mass is 1790 g/mol. The lowest BCUT2D eigenvalue weighted by Crippen LogP contribution is -2.26.